The molecule has 140 valence electrons. The number of rotatable bonds is 6. The highest BCUT2D eigenvalue weighted by atomic mass is 16.5. The number of ketones is 1. The van der Waals surface area contributed by atoms with E-state index < -0.39 is 5.97 Å². The maximum atomic E-state index is 12.9. The number of hydrogen-bond donors (Lipinski definition) is 2. The Balaban J connectivity index is 2.29. The van der Waals surface area contributed by atoms with Gasteiger partial charge in [-0.25, -0.2) is 4.79 Å². The molecule has 0 spiro atoms. The molecule has 0 atom stereocenters. The third kappa shape index (κ3) is 3.08. The molecule has 0 aliphatic carbocycles. The first-order valence-electron chi connectivity index (χ1n) is 8.36. The van der Waals surface area contributed by atoms with E-state index in [0.29, 0.717) is 22.2 Å². The van der Waals surface area contributed by atoms with Crippen molar-refractivity contribution in [1.82, 2.24) is 4.98 Å². The van der Waals surface area contributed by atoms with E-state index in [4.69, 9.17) is 19.9 Å². The molecule has 2 aromatic carbocycles. The second-order valence-corrected chi connectivity index (χ2v) is 5.74. The van der Waals surface area contributed by atoms with E-state index in [9.17, 15) is 9.59 Å². The van der Waals surface area contributed by atoms with E-state index in [2.05, 4.69) is 4.98 Å². The normalized spacial score (nSPS) is 10.6. The number of aromatic amines is 1. The summed E-state index contributed by atoms with van der Waals surface area (Å²) in [5, 5.41) is 0.366. The number of carbonyl (C=O) groups is 2. The number of fused-ring (bicyclic) bond motifs is 1. The third-order valence-corrected chi connectivity index (χ3v) is 4.21. The van der Waals surface area contributed by atoms with Gasteiger partial charge in [-0.05, 0) is 6.92 Å². The molecule has 0 radical (unpaired) electrons. The van der Waals surface area contributed by atoms with E-state index in [1.165, 1.54) is 14.2 Å². The lowest BCUT2D eigenvalue weighted by molar-refractivity contribution is 0.0524. The van der Waals surface area contributed by atoms with Crippen LogP contribution in [-0.2, 0) is 4.74 Å². The molecule has 3 N–H and O–H groups in total. The second kappa shape index (κ2) is 7.41. The van der Waals surface area contributed by atoms with Crippen LogP contribution in [0.4, 0.5) is 5.69 Å². The molecular formula is C20H20N2O5. The minimum Gasteiger partial charge on any atom is -0.493 e. The van der Waals surface area contributed by atoms with Gasteiger partial charge in [0.2, 0.25) is 5.78 Å². The molecule has 0 unspecified atom stereocenters. The topological polar surface area (TPSA) is 104 Å². The number of esters is 1. The van der Waals surface area contributed by atoms with Gasteiger partial charge >= 0.3 is 5.97 Å². The number of benzene rings is 2. The van der Waals surface area contributed by atoms with E-state index >= 15 is 0 Å². The van der Waals surface area contributed by atoms with Gasteiger partial charge in [-0.3, -0.25) is 4.79 Å². The third-order valence-electron chi connectivity index (χ3n) is 4.21. The molecule has 0 saturated heterocycles. The fraction of sp³-hybridized carbons (Fsp3) is 0.200. The van der Waals surface area contributed by atoms with E-state index in [0.717, 1.165) is 0 Å². The summed E-state index contributed by atoms with van der Waals surface area (Å²) in [5.41, 5.74) is 7.70. The minimum absolute atomic E-state index is 0.120. The van der Waals surface area contributed by atoms with Crippen molar-refractivity contribution in [2.45, 2.75) is 6.92 Å². The van der Waals surface area contributed by atoms with Gasteiger partial charge in [0.15, 0.2) is 11.5 Å². The number of anilines is 1. The van der Waals surface area contributed by atoms with Crippen LogP contribution in [0, 0.1) is 0 Å². The highest BCUT2D eigenvalue weighted by Crippen LogP contribution is 2.41. The Bertz CT molecular complexity index is 1010. The predicted octanol–water partition coefficient (Wildman–Crippen LogP) is 3.18. The predicted molar refractivity (Wildman–Crippen MR) is 102 cm³/mol. The maximum absolute atomic E-state index is 12.9. The van der Waals surface area contributed by atoms with Gasteiger partial charge in [-0.15, -0.1) is 0 Å². The van der Waals surface area contributed by atoms with Crippen molar-refractivity contribution in [2.75, 3.05) is 26.6 Å². The van der Waals surface area contributed by atoms with E-state index in [1.54, 1.807) is 37.3 Å². The van der Waals surface area contributed by atoms with Crippen molar-refractivity contribution >= 4 is 28.3 Å². The monoisotopic (exact) mass is 368 g/mol. The quantitative estimate of drug-likeness (QED) is 0.512. The number of nitrogens with one attached hydrogen (secondary N) is 1. The highest BCUT2D eigenvalue weighted by Gasteiger charge is 2.28. The van der Waals surface area contributed by atoms with Gasteiger partial charge in [0.05, 0.1) is 32.0 Å². The number of hydrogen-bond acceptors (Lipinski definition) is 6. The number of carbonyl (C=O) groups excluding carboxylic acids is 2. The van der Waals surface area contributed by atoms with Crippen molar-refractivity contribution < 1.29 is 23.8 Å². The molecule has 27 heavy (non-hydrogen) atoms. The van der Waals surface area contributed by atoms with Gasteiger partial charge in [-0.1, -0.05) is 30.3 Å². The van der Waals surface area contributed by atoms with Gasteiger partial charge < -0.3 is 24.9 Å². The summed E-state index contributed by atoms with van der Waals surface area (Å²) in [5.74, 6) is -0.361. The molecular weight excluding hydrogens is 348 g/mol. The summed E-state index contributed by atoms with van der Waals surface area (Å²) in [7, 11) is 2.88. The van der Waals surface area contributed by atoms with Crippen LogP contribution in [0.25, 0.3) is 10.9 Å². The van der Waals surface area contributed by atoms with Crippen molar-refractivity contribution in [2.24, 2.45) is 0 Å². The van der Waals surface area contributed by atoms with Crippen LogP contribution in [0.15, 0.2) is 36.4 Å². The van der Waals surface area contributed by atoms with Crippen LogP contribution < -0.4 is 15.2 Å². The zero-order chi connectivity index (χ0) is 19.6. The summed E-state index contributed by atoms with van der Waals surface area (Å²) < 4.78 is 15.9. The van der Waals surface area contributed by atoms with Gasteiger partial charge in [0.1, 0.15) is 11.3 Å². The van der Waals surface area contributed by atoms with Crippen molar-refractivity contribution in [3.63, 3.8) is 0 Å². The number of nitrogens with two attached hydrogens (primary N) is 1. The van der Waals surface area contributed by atoms with Gasteiger partial charge in [-0.2, -0.15) is 0 Å². The Morgan fingerprint density at radius 3 is 2.41 bits per heavy atom. The van der Waals surface area contributed by atoms with Crippen LogP contribution in [0.2, 0.25) is 0 Å². The molecule has 0 aliphatic heterocycles. The Labute approximate surface area is 156 Å². The molecule has 3 rings (SSSR count). The first kappa shape index (κ1) is 18.3. The highest BCUT2D eigenvalue weighted by molar-refractivity contribution is 6.20. The van der Waals surface area contributed by atoms with Crippen LogP contribution in [0.3, 0.4) is 0 Å². The number of H-pyrrole nitrogens is 1. The molecule has 1 aromatic heterocycles. The summed E-state index contributed by atoms with van der Waals surface area (Å²) in [6.07, 6.45) is 0. The molecule has 0 bridgehead atoms. The lowest BCUT2D eigenvalue weighted by atomic mass is 10.0. The first-order chi connectivity index (χ1) is 13.0. The number of methoxy groups -OCH3 is 2. The molecule has 0 aliphatic rings. The van der Waals surface area contributed by atoms with Crippen molar-refractivity contribution in [3.05, 3.63) is 53.2 Å². The molecule has 0 amide bonds. The molecule has 0 fully saturated rings. The fourth-order valence-electron chi connectivity index (χ4n) is 3.01. The molecule has 7 nitrogen and oxygen atoms in total. The zero-order valence-corrected chi connectivity index (χ0v) is 15.3. The van der Waals surface area contributed by atoms with Gasteiger partial charge in [0.25, 0.3) is 0 Å². The van der Waals surface area contributed by atoms with Crippen molar-refractivity contribution in [1.29, 1.82) is 0 Å². The SMILES string of the molecule is CCOC(=O)c1c(OC)c(OC)cc2[nH]c(C(=O)c3ccccc3)c(N)c12. The largest absolute Gasteiger partial charge is 0.493 e. The summed E-state index contributed by atoms with van der Waals surface area (Å²) in [6, 6.07) is 10.4. The lowest BCUT2D eigenvalue weighted by Gasteiger charge is -2.13. The van der Waals surface area contributed by atoms with Crippen LogP contribution in [0.5, 0.6) is 11.5 Å². The number of aromatic nitrogens is 1. The Morgan fingerprint density at radius 2 is 1.81 bits per heavy atom. The van der Waals surface area contributed by atoms with Crippen LogP contribution in [-0.4, -0.2) is 37.6 Å². The van der Waals surface area contributed by atoms with E-state index in [-0.39, 0.29) is 35.1 Å². The molecule has 3 aromatic rings. The van der Waals surface area contributed by atoms with Crippen LogP contribution in [0.1, 0.15) is 33.3 Å². The second-order valence-electron chi connectivity index (χ2n) is 5.74. The first-order valence-corrected chi connectivity index (χ1v) is 8.36. The maximum Gasteiger partial charge on any atom is 0.342 e. The summed E-state index contributed by atoms with van der Waals surface area (Å²) in [6.45, 7) is 1.88. The Morgan fingerprint density at radius 1 is 1.11 bits per heavy atom. The Hall–Kier alpha value is -3.48. The van der Waals surface area contributed by atoms with Crippen LogP contribution >= 0.6 is 0 Å². The number of nitrogen functional groups attached to an aromatic ring is 1. The molecule has 0 saturated carbocycles. The smallest absolute Gasteiger partial charge is 0.342 e. The average molecular weight is 368 g/mol. The fourth-order valence-corrected chi connectivity index (χ4v) is 3.01. The lowest BCUT2D eigenvalue weighted by Crippen LogP contribution is -2.09. The molecule has 7 heteroatoms. The summed E-state index contributed by atoms with van der Waals surface area (Å²) >= 11 is 0. The zero-order valence-electron chi connectivity index (χ0n) is 15.3. The standard InChI is InChI=1S/C20H20N2O5/c1-4-27-20(24)15-14-12(10-13(25-2)19(15)26-3)22-17(16(14)21)18(23)11-8-6-5-7-9-11/h5-10,22H,4,21H2,1-3H3. The Kier molecular flexibility index (Phi) is 5.03. The minimum atomic E-state index is -0.609. The van der Waals surface area contributed by atoms with Gasteiger partial charge in [0, 0.05) is 17.0 Å². The number of ether oxygens (including phenoxy) is 3. The molecule has 1 heterocycles. The van der Waals surface area contributed by atoms with Crippen molar-refractivity contribution in [3.8, 4) is 11.5 Å². The summed E-state index contributed by atoms with van der Waals surface area (Å²) in [4.78, 5) is 28.5. The average Bonchev–Trinajstić information content (AvgIpc) is 3.02. The van der Waals surface area contributed by atoms with E-state index in [1.807, 2.05) is 6.07 Å².